The van der Waals surface area contributed by atoms with Crippen molar-refractivity contribution in [2.75, 3.05) is 6.54 Å². The quantitative estimate of drug-likeness (QED) is 0.770. The average molecular weight is 212 g/mol. The number of hydrogen-bond donors (Lipinski definition) is 1. The van der Waals surface area contributed by atoms with Crippen molar-refractivity contribution in [3.05, 3.63) is 25.6 Å². The summed E-state index contributed by atoms with van der Waals surface area (Å²) in [6.45, 7) is 12.7. The normalized spacial score (nSPS) is 7.93. The fraction of sp³-hybridized carbons (Fsp3) is 0.455. The predicted molar refractivity (Wildman–Crippen MR) is 61.9 cm³/mol. The second kappa shape index (κ2) is 10.5. The van der Waals surface area contributed by atoms with Crippen LogP contribution in [0.5, 0.6) is 0 Å². The van der Waals surface area contributed by atoms with Crippen molar-refractivity contribution in [1.29, 1.82) is 0 Å². The summed E-state index contributed by atoms with van der Waals surface area (Å²) in [5.41, 5.74) is 0. The van der Waals surface area contributed by atoms with Crippen LogP contribution in [0.1, 0.15) is 27.2 Å². The van der Waals surface area contributed by atoms with Gasteiger partial charge in [-0.3, -0.25) is 9.59 Å². The molecule has 15 heavy (non-hydrogen) atoms. The van der Waals surface area contributed by atoms with E-state index in [9.17, 15) is 9.59 Å². The Kier molecular flexibility index (Phi) is 11.1. The maximum atomic E-state index is 10.5. The molecule has 0 bridgehead atoms. The third-order valence-corrected chi connectivity index (χ3v) is 1.55. The van der Waals surface area contributed by atoms with Gasteiger partial charge in [-0.1, -0.05) is 20.1 Å². The monoisotopic (exact) mass is 212 g/mol. The van der Waals surface area contributed by atoms with Crippen molar-refractivity contribution in [3.63, 3.8) is 0 Å². The van der Waals surface area contributed by atoms with Gasteiger partial charge < -0.3 is 10.2 Å². The van der Waals surface area contributed by atoms with Crippen molar-refractivity contribution in [2.45, 2.75) is 27.2 Å². The summed E-state index contributed by atoms with van der Waals surface area (Å²) < 4.78 is 0. The first kappa shape index (κ1) is 15.9. The zero-order valence-corrected chi connectivity index (χ0v) is 9.75. The Morgan fingerprint density at radius 2 is 1.87 bits per heavy atom. The Morgan fingerprint density at radius 1 is 1.33 bits per heavy atom. The lowest BCUT2D eigenvalue weighted by atomic mass is 10.5. The van der Waals surface area contributed by atoms with Gasteiger partial charge in [-0.2, -0.15) is 0 Å². The van der Waals surface area contributed by atoms with Gasteiger partial charge in [0.25, 0.3) is 0 Å². The third kappa shape index (κ3) is 10.3. The van der Waals surface area contributed by atoms with Gasteiger partial charge in [-0.15, -0.1) is 0 Å². The van der Waals surface area contributed by atoms with Crippen LogP contribution in [0.2, 0.25) is 0 Å². The summed E-state index contributed by atoms with van der Waals surface area (Å²) in [6.07, 6.45) is 3.43. The molecule has 0 saturated heterocycles. The molecular weight excluding hydrogens is 192 g/mol. The Bertz CT molecular complexity index is 225. The Hall–Kier alpha value is -1.58. The zero-order valence-electron chi connectivity index (χ0n) is 9.75. The smallest absolute Gasteiger partial charge is 0.223 e. The molecule has 0 aromatic rings. The van der Waals surface area contributed by atoms with Crippen LogP contribution in [0, 0.1) is 0 Å². The minimum atomic E-state index is 0.00926. The van der Waals surface area contributed by atoms with E-state index in [1.165, 1.54) is 19.3 Å². The van der Waals surface area contributed by atoms with E-state index >= 15 is 0 Å². The molecule has 0 radical (unpaired) electrons. The van der Waals surface area contributed by atoms with Crippen molar-refractivity contribution < 1.29 is 9.59 Å². The summed E-state index contributed by atoms with van der Waals surface area (Å²) in [7, 11) is 0. The van der Waals surface area contributed by atoms with Gasteiger partial charge in [0.05, 0.1) is 0 Å². The minimum absolute atomic E-state index is 0.00926. The molecule has 0 aliphatic heterocycles. The summed E-state index contributed by atoms with van der Waals surface area (Å²) in [4.78, 5) is 22.2. The van der Waals surface area contributed by atoms with Gasteiger partial charge in [0.2, 0.25) is 11.8 Å². The number of nitrogens with zero attached hydrogens (tertiary/aromatic N) is 1. The number of hydrogen-bond acceptors (Lipinski definition) is 2. The highest BCUT2D eigenvalue weighted by Crippen LogP contribution is 1.85. The number of rotatable bonds is 4. The number of carbonyl (C=O) groups is 2. The van der Waals surface area contributed by atoms with E-state index in [0.717, 1.165) is 0 Å². The van der Waals surface area contributed by atoms with Crippen molar-refractivity contribution >= 4 is 11.8 Å². The van der Waals surface area contributed by atoms with Crippen LogP contribution in [0.15, 0.2) is 25.6 Å². The molecule has 0 aliphatic rings. The molecule has 0 atom stereocenters. The van der Waals surface area contributed by atoms with Gasteiger partial charge in [-0.05, 0) is 19.3 Å². The predicted octanol–water partition coefficient (Wildman–Crippen LogP) is 1.65. The Balaban J connectivity index is 0. The van der Waals surface area contributed by atoms with Crippen LogP contribution < -0.4 is 5.32 Å². The molecule has 0 aromatic heterocycles. The summed E-state index contributed by atoms with van der Waals surface area (Å²) in [5, 5.41) is 2.42. The van der Waals surface area contributed by atoms with E-state index in [0.29, 0.717) is 13.0 Å². The molecule has 4 nitrogen and oxygen atoms in total. The van der Waals surface area contributed by atoms with Crippen LogP contribution in [0.3, 0.4) is 0 Å². The molecule has 1 N–H and O–H groups in total. The van der Waals surface area contributed by atoms with Crippen molar-refractivity contribution in [1.82, 2.24) is 10.2 Å². The SMILES string of the molecule is C=CN(CC)C(C)=O.C=CNC(=O)CC. The molecule has 0 heterocycles. The molecular formula is C11H20N2O2. The standard InChI is InChI=1S/C6H11NO.C5H9NO/c1-4-7(5-2)6(3)8;1-3-5(7)6-4-2/h4H,1,5H2,2-3H3;4H,2-3H2,1H3,(H,6,7). The first-order valence-electron chi connectivity index (χ1n) is 4.83. The third-order valence-electron chi connectivity index (χ3n) is 1.55. The summed E-state index contributed by atoms with van der Waals surface area (Å²) >= 11 is 0. The van der Waals surface area contributed by atoms with Gasteiger partial charge >= 0.3 is 0 Å². The van der Waals surface area contributed by atoms with E-state index in [1.807, 2.05) is 6.92 Å². The highest BCUT2D eigenvalue weighted by Gasteiger charge is 1.96. The maximum absolute atomic E-state index is 10.5. The van der Waals surface area contributed by atoms with Crippen molar-refractivity contribution in [2.24, 2.45) is 0 Å². The first-order chi connectivity index (χ1) is 7.03. The van der Waals surface area contributed by atoms with Gasteiger partial charge in [-0.25, -0.2) is 0 Å². The van der Waals surface area contributed by atoms with Gasteiger partial charge in [0, 0.05) is 19.9 Å². The van der Waals surface area contributed by atoms with Crippen LogP contribution in [0.25, 0.3) is 0 Å². The van der Waals surface area contributed by atoms with E-state index in [-0.39, 0.29) is 11.8 Å². The second-order valence-corrected chi connectivity index (χ2v) is 2.61. The largest absolute Gasteiger partial charge is 0.333 e. The van der Waals surface area contributed by atoms with Gasteiger partial charge in [0.15, 0.2) is 0 Å². The highest BCUT2D eigenvalue weighted by molar-refractivity contribution is 5.76. The molecule has 0 aromatic carbocycles. The fourth-order valence-electron chi connectivity index (χ4n) is 0.696. The van der Waals surface area contributed by atoms with E-state index in [2.05, 4.69) is 18.5 Å². The Morgan fingerprint density at radius 3 is 1.93 bits per heavy atom. The lowest BCUT2D eigenvalue weighted by molar-refractivity contribution is -0.126. The molecule has 0 fully saturated rings. The van der Waals surface area contributed by atoms with Gasteiger partial charge in [0.1, 0.15) is 0 Å². The number of amides is 2. The zero-order chi connectivity index (χ0) is 12.3. The highest BCUT2D eigenvalue weighted by atomic mass is 16.2. The number of nitrogens with one attached hydrogen (secondary N) is 1. The molecule has 0 rings (SSSR count). The lowest BCUT2D eigenvalue weighted by Gasteiger charge is -2.10. The van der Waals surface area contributed by atoms with E-state index in [1.54, 1.807) is 11.8 Å². The van der Waals surface area contributed by atoms with Crippen LogP contribution in [-0.2, 0) is 9.59 Å². The molecule has 86 valence electrons. The molecule has 0 unspecified atom stereocenters. The molecule has 2 amide bonds. The molecule has 0 aliphatic carbocycles. The summed E-state index contributed by atoms with van der Waals surface area (Å²) in [6, 6.07) is 0. The van der Waals surface area contributed by atoms with Crippen LogP contribution >= 0.6 is 0 Å². The van der Waals surface area contributed by atoms with E-state index in [4.69, 9.17) is 0 Å². The molecule has 4 heteroatoms. The second-order valence-electron chi connectivity index (χ2n) is 2.61. The van der Waals surface area contributed by atoms with Crippen LogP contribution in [0.4, 0.5) is 0 Å². The first-order valence-corrected chi connectivity index (χ1v) is 4.83. The lowest BCUT2D eigenvalue weighted by Crippen LogP contribution is -2.21. The fourth-order valence-corrected chi connectivity index (χ4v) is 0.696. The van der Waals surface area contributed by atoms with Crippen molar-refractivity contribution in [3.8, 4) is 0 Å². The van der Waals surface area contributed by atoms with Crippen LogP contribution in [-0.4, -0.2) is 23.3 Å². The molecule has 0 saturated carbocycles. The number of carbonyl (C=O) groups excluding carboxylic acids is 2. The Labute approximate surface area is 91.6 Å². The topological polar surface area (TPSA) is 49.4 Å². The maximum Gasteiger partial charge on any atom is 0.223 e. The molecule has 0 spiro atoms. The summed E-state index contributed by atoms with van der Waals surface area (Å²) in [5.74, 6) is 0.0532. The van der Waals surface area contributed by atoms with E-state index < -0.39 is 0 Å². The average Bonchev–Trinajstić information content (AvgIpc) is 2.20. The minimum Gasteiger partial charge on any atom is -0.333 e.